The number of nitrogens with zero attached hydrogens (tertiary/aromatic N) is 1. The molecule has 0 saturated carbocycles. The molecular weight excluding hydrogens is 346 g/mol. The van der Waals surface area contributed by atoms with Gasteiger partial charge in [-0.15, -0.1) is 0 Å². The predicted octanol–water partition coefficient (Wildman–Crippen LogP) is 4.97. The second-order valence-corrected chi connectivity index (χ2v) is 8.98. The van der Waals surface area contributed by atoms with E-state index in [9.17, 15) is 8.42 Å². The molecule has 3 rings (SSSR count). The lowest BCUT2D eigenvalue weighted by Crippen LogP contribution is -2.41. The molecule has 0 unspecified atom stereocenters. The summed E-state index contributed by atoms with van der Waals surface area (Å²) in [4.78, 5) is 0.391. The lowest BCUT2D eigenvalue weighted by molar-refractivity contribution is 0.269. The Hall–Kier alpha value is -1.59. The van der Waals surface area contributed by atoms with Gasteiger partial charge in [0.2, 0.25) is 10.0 Å². The van der Waals surface area contributed by atoms with E-state index in [0.717, 1.165) is 55.0 Å². The Balaban J connectivity index is 1.97. The Bertz CT molecular complexity index is 847. The van der Waals surface area contributed by atoms with E-state index in [4.69, 9.17) is 4.74 Å². The fraction of sp³-hybridized carbons (Fsp3) is 0.524. The van der Waals surface area contributed by atoms with Crippen molar-refractivity contribution >= 4 is 20.8 Å². The molecule has 0 aliphatic carbocycles. The summed E-state index contributed by atoms with van der Waals surface area (Å²) in [6.45, 7) is 5.43. The van der Waals surface area contributed by atoms with Crippen LogP contribution in [0.5, 0.6) is 5.75 Å². The summed E-state index contributed by atoms with van der Waals surface area (Å²) < 4.78 is 34.2. The Kier molecular flexibility index (Phi) is 6.20. The minimum atomic E-state index is -3.51. The average Bonchev–Trinajstić information content (AvgIpc) is 2.65. The first-order valence-electron chi connectivity index (χ1n) is 9.72. The number of ether oxygens (including phenoxy) is 1. The summed E-state index contributed by atoms with van der Waals surface area (Å²) in [5.41, 5.74) is 0. The zero-order chi connectivity index (χ0) is 18.6. The number of piperidine rings is 1. The SMILES string of the molecule is CCCCCOc1ccc(S(=O)(=O)N2CCCC[C@@H]2C)c2ccccc12. The van der Waals surface area contributed by atoms with Crippen molar-refractivity contribution in [3.8, 4) is 5.75 Å². The van der Waals surface area contributed by atoms with Crippen molar-refractivity contribution in [3.05, 3.63) is 36.4 Å². The van der Waals surface area contributed by atoms with Gasteiger partial charge in [-0.25, -0.2) is 8.42 Å². The maximum Gasteiger partial charge on any atom is 0.243 e. The third-order valence-electron chi connectivity index (χ3n) is 5.18. The van der Waals surface area contributed by atoms with Crippen molar-refractivity contribution in [1.82, 2.24) is 4.31 Å². The standard InChI is InChI=1S/C21H29NO3S/c1-3-4-9-16-25-20-13-14-21(19-12-6-5-11-18(19)20)26(23,24)22-15-8-7-10-17(22)2/h5-6,11-14,17H,3-4,7-10,15-16H2,1-2H3/t17-/m0/s1. The monoisotopic (exact) mass is 375 g/mol. The van der Waals surface area contributed by atoms with Crippen molar-refractivity contribution in [3.63, 3.8) is 0 Å². The van der Waals surface area contributed by atoms with Gasteiger partial charge in [0, 0.05) is 23.4 Å². The van der Waals surface area contributed by atoms with Crippen LogP contribution in [0.3, 0.4) is 0 Å². The third kappa shape index (κ3) is 3.89. The van der Waals surface area contributed by atoms with Gasteiger partial charge in [0.15, 0.2) is 0 Å². The molecule has 0 radical (unpaired) electrons. The molecule has 0 N–H and O–H groups in total. The first kappa shape index (κ1) is 19.2. The van der Waals surface area contributed by atoms with E-state index < -0.39 is 10.0 Å². The van der Waals surface area contributed by atoms with Crippen LogP contribution in [0.4, 0.5) is 0 Å². The average molecular weight is 376 g/mol. The van der Waals surface area contributed by atoms with E-state index in [2.05, 4.69) is 6.92 Å². The fourth-order valence-corrected chi connectivity index (χ4v) is 5.58. The Morgan fingerprint density at radius 2 is 1.85 bits per heavy atom. The van der Waals surface area contributed by atoms with Crippen molar-refractivity contribution in [1.29, 1.82) is 0 Å². The Labute approximate surface area is 157 Å². The molecule has 2 aromatic carbocycles. The van der Waals surface area contributed by atoms with Gasteiger partial charge in [-0.2, -0.15) is 4.31 Å². The lowest BCUT2D eigenvalue weighted by atomic mass is 10.1. The van der Waals surface area contributed by atoms with Crippen LogP contribution in [0, 0.1) is 0 Å². The van der Waals surface area contributed by atoms with E-state index in [1.807, 2.05) is 37.3 Å². The second-order valence-electron chi connectivity index (χ2n) is 7.12. The number of hydrogen-bond donors (Lipinski definition) is 0. The maximum absolute atomic E-state index is 13.3. The number of sulfonamides is 1. The molecule has 1 heterocycles. The number of fused-ring (bicyclic) bond motifs is 1. The summed E-state index contributed by atoms with van der Waals surface area (Å²) >= 11 is 0. The molecule has 0 bridgehead atoms. The molecule has 1 aliphatic rings. The quantitative estimate of drug-likeness (QED) is 0.642. The molecule has 0 aromatic heterocycles. The summed E-state index contributed by atoms with van der Waals surface area (Å²) in [5, 5.41) is 1.62. The van der Waals surface area contributed by atoms with E-state index in [-0.39, 0.29) is 6.04 Å². The zero-order valence-corrected chi connectivity index (χ0v) is 16.6. The van der Waals surface area contributed by atoms with Crippen LogP contribution < -0.4 is 4.74 Å². The normalized spacial score (nSPS) is 18.9. The first-order valence-corrected chi connectivity index (χ1v) is 11.2. The molecule has 1 aliphatic heterocycles. The Morgan fingerprint density at radius 3 is 2.58 bits per heavy atom. The Morgan fingerprint density at radius 1 is 1.08 bits per heavy atom. The number of benzene rings is 2. The summed E-state index contributed by atoms with van der Waals surface area (Å²) in [6, 6.07) is 11.2. The summed E-state index contributed by atoms with van der Waals surface area (Å²) in [5.74, 6) is 0.766. The largest absolute Gasteiger partial charge is 0.493 e. The van der Waals surface area contributed by atoms with Gasteiger partial charge < -0.3 is 4.74 Å². The maximum atomic E-state index is 13.3. The van der Waals surface area contributed by atoms with Gasteiger partial charge in [-0.05, 0) is 38.3 Å². The molecular formula is C21H29NO3S. The smallest absolute Gasteiger partial charge is 0.243 e. The van der Waals surface area contributed by atoms with E-state index in [0.29, 0.717) is 18.0 Å². The molecule has 1 saturated heterocycles. The molecule has 0 spiro atoms. The number of unbranched alkanes of at least 4 members (excludes halogenated alkanes) is 2. The molecule has 2 aromatic rings. The minimum absolute atomic E-state index is 0.0532. The van der Waals surface area contributed by atoms with Gasteiger partial charge in [-0.3, -0.25) is 0 Å². The van der Waals surface area contributed by atoms with E-state index in [1.54, 1.807) is 10.4 Å². The van der Waals surface area contributed by atoms with Crippen molar-refractivity contribution < 1.29 is 13.2 Å². The highest BCUT2D eigenvalue weighted by Gasteiger charge is 2.32. The lowest BCUT2D eigenvalue weighted by Gasteiger charge is -2.32. The second kappa shape index (κ2) is 8.40. The van der Waals surface area contributed by atoms with Crippen LogP contribution in [0.15, 0.2) is 41.3 Å². The van der Waals surface area contributed by atoms with Crippen LogP contribution in [-0.2, 0) is 10.0 Å². The van der Waals surface area contributed by atoms with Gasteiger partial charge in [0.05, 0.1) is 11.5 Å². The van der Waals surface area contributed by atoms with E-state index >= 15 is 0 Å². The molecule has 5 heteroatoms. The summed E-state index contributed by atoms with van der Waals surface area (Å²) in [6.07, 6.45) is 6.25. The van der Waals surface area contributed by atoms with Crippen LogP contribution in [0.1, 0.15) is 52.4 Å². The highest BCUT2D eigenvalue weighted by Crippen LogP contribution is 2.34. The molecule has 142 valence electrons. The molecule has 26 heavy (non-hydrogen) atoms. The molecule has 4 nitrogen and oxygen atoms in total. The molecule has 0 amide bonds. The van der Waals surface area contributed by atoms with Crippen molar-refractivity contribution in [2.75, 3.05) is 13.2 Å². The molecule has 1 fully saturated rings. The highest BCUT2D eigenvalue weighted by molar-refractivity contribution is 7.89. The van der Waals surface area contributed by atoms with Gasteiger partial charge >= 0.3 is 0 Å². The van der Waals surface area contributed by atoms with Crippen molar-refractivity contribution in [2.45, 2.75) is 63.3 Å². The zero-order valence-electron chi connectivity index (χ0n) is 15.8. The first-order chi connectivity index (χ1) is 12.6. The number of rotatable bonds is 7. The minimum Gasteiger partial charge on any atom is -0.493 e. The topological polar surface area (TPSA) is 46.6 Å². The molecule has 1 atom stereocenters. The van der Waals surface area contributed by atoms with Crippen LogP contribution in [0.25, 0.3) is 10.8 Å². The highest BCUT2D eigenvalue weighted by atomic mass is 32.2. The predicted molar refractivity (Wildman–Crippen MR) is 106 cm³/mol. The number of hydrogen-bond acceptors (Lipinski definition) is 3. The van der Waals surface area contributed by atoms with Crippen LogP contribution in [0.2, 0.25) is 0 Å². The van der Waals surface area contributed by atoms with Gasteiger partial charge in [-0.1, -0.05) is 50.5 Å². The van der Waals surface area contributed by atoms with Crippen LogP contribution >= 0.6 is 0 Å². The van der Waals surface area contributed by atoms with Gasteiger partial charge in [0.25, 0.3) is 0 Å². The fourth-order valence-electron chi connectivity index (χ4n) is 3.68. The van der Waals surface area contributed by atoms with Crippen molar-refractivity contribution in [2.24, 2.45) is 0 Å². The van der Waals surface area contributed by atoms with Crippen LogP contribution in [-0.4, -0.2) is 31.9 Å². The summed E-state index contributed by atoms with van der Waals surface area (Å²) in [7, 11) is -3.51. The third-order valence-corrected chi connectivity index (χ3v) is 7.25. The van der Waals surface area contributed by atoms with Gasteiger partial charge in [0.1, 0.15) is 5.75 Å². The van der Waals surface area contributed by atoms with E-state index in [1.165, 1.54) is 0 Å².